The van der Waals surface area contributed by atoms with Crippen LogP contribution in [0.3, 0.4) is 0 Å². The summed E-state index contributed by atoms with van der Waals surface area (Å²) >= 11 is 0.912. The van der Waals surface area contributed by atoms with Crippen LogP contribution < -0.4 is 5.56 Å². The molecule has 1 aromatic carbocycles. The predicted molar refractivity (Wildman–Crippen MR) is 115 cm³/mol. The second-order valence-corrected chi connectivity index (χ2v) is 8.45. The maximum Gasteiger partial charge on any atom is 0.288 e. The first-order valence-electron chi connectivity index (χ1n) is 9.86. The quantitative estimate of drug-likeness (QED) is 0.744. The molecule has 1 atom stereocenters. The summed E-state index contributed by atoms with van der Waals surface area (Å²) in [6.07, 6.45) is 3.21. The number of fused-ring (bicyclic) bond motifs is 1. The molecule has 0 saturated carbocycles. The Morgan fingerprint density at radius 3 is 2.63 bits per heavy atom. The number of nitrogens with zero attached hydrogens (tertiary/aromatic N) is 4. The largest absolute Gasteiger partial charge is 0.338 e. The molecule has 1 unspecified atom stereocenters. The molecule has 156 valence electrons. The van der Waals surface area contributed by atoms with E-state index in [-0.39, 0.29) is 29.0 Å². The molecule has 0 N–H and O–H groups in total. The highest BCUT2D eigenvalue weighted by atomic mass is 32.2. The molecule has 30 heavy (non-hydrogen) atoms. The average Bonchev–Trinajstić information content (AvgIpc) is 3.00. The van der Waals surface area contributed by atoms with Crippen LogP contribution in [0, 0.1) is 0 Å². The second-order valence-electron chi connectivity index (χ2n) is 7.30. The first-order chi connectivity index (χ1) is 14.4. The summed E-state index contributed by atoms with van der Waals surface area (Å²) in [4.78, 5) is 55.7. The van der Waals surface area contributed by atoms with Gasteiger partial charge >= 0.3 is 0 Å². The highest BCUT2D eigenvalue weighted by molar-refractivity contribution is 8.15. The number of imide groups is 1. The van der Waals surface area contributed by atoms with E-state index in [0.717, 1.165) is 27.9 Å². The molecule has 0 bridgehead atoms. The van der Waals surface area contributed by atoms with Crippen molar-refractivity contribution in [2.45, 2.75) is 31.4 Å². The lowest BCUT2D eigenvalue weighted by Gasteiger charge is -2.29. The maximum absolute atomic E-state index is 12.7. The van der Waals surface area contributed by atoms with Crippen LogP contribution in [-0.2, 0) is 16.0 Å². The molecule has 4 rings (SSSR count). The molecule has 2 aromatic rings. The number of amides is 3. The normalized spacial score (nSPS) is 19.5. The molecule has 1 aromatic heterocycles. The molecule has 1 saturated heterocycles. The Morgan fingerprint density at radius 2 is 2.00 bits per heavy atom. The van der Waals surface area contributed by atoms with E-state index in [1.54, 1.807) is 11.0 Å². The van der Waals surface area contributed by atoms with Crippen molar-refractivity contribution in [1.82, 2.24) is 19.4 Å². The van der Waals surface area contributed by atoms with E-state index in [9.17, 15) is 19.2 Å². The number of thioether (sulfide) groups is 1. The summed E-state index contributed by atoms with van der Waals surface area (Å²) in [5.41, 5.74) is 1.58. The zero-order valence-electron chi connectivity index (χ0n) is 16.8. The number of carbonyl (C=O) groups excluding carboxylic acids is 3. The SMILES string of the molecule is CCc1nc(=O)c2ccccc2n1C1=CCN(C(=O)CC2SC(=O)N(C)C2=O)CC1. The number of rotatable bonds is 4. The summed E-state index contributed by atoms with van der Waals surface area (Å²) in [5, 5.41) is -0.387. The van der Waals surface area contributed by atoms with Gasteiger partial charge in [0.25, 0.3) is 10.8 Å². The Hall–Kier alpha value is -2.94. The van der Waals surface area contributed by atoms with Crippen molar-refractivity contribution in [3.8, 4) is 0 Å². The first kappa shape index (κ1) is 20.3. The van der Waals surface area contributed by atoms with E-state index in [4.69, 9.17) is 0 Å². The summed E-state index contributed by atoms with van der Waals surface area (Å²) < 4.78 is 2.02. The van der Waals surface area contributed by atoms with E-state index in [1.807, 2.05) is 35.8 Å². The summed E-state index contributed by atoms with van der Waals surface area (Å²) in [6.45, 7) is 2.87. The smallest absolute Gasteiger partial charge is 0.288 e. The second kappa shape index (κ2) is 8.06. The number of aromatic nitrogens is 2. The molecule has 9 heteroatoms. The lowest BCUT2D eigenvalue weighted by atomic mass is 10.1. The van der Waals surface area contributed by atoms with Gasteiger partial charge in [-0.15, -0.1) is 0 Å². The fourth-order valence-corrected chi connectivity index (χ4v) is 4.81. The molecule has 0 radical (unpaired) electrons. The lowest BCUT2D eigenvalue weighted by molar-refractivity contribution is -0.134. The molecule has 1 fully saturated rings. The molecule has 0 spiro atoms. The van der Waals surface area contributed by atoms with Gasteiger partial charge in [-0.25, -0.2) is 0 Å². The van der Waals surface area contributed by atoms with Crippen molar-refractivity contribution in [3.05, 3.63) is 46.5 Å². The van der Waals surface area contributed by atoms with Crippen LogP contribution in [0.5, 0.6) is 0 Å². The van der Waals surface area contributed by atoms with E-state index >= 15 is 0 Å². The molecule has 3 heterocycles. The molecule has 3 amide bonds. The van der Waals surface area contributed by atoms with E-state index in [2.05, 4.69) is 4.98 Å². The summed E-state index contributed by atoms with van der Waals surface area (Å²) in [6, 6.07) is 7.40. The van der Waals surface area contributed by atoms with E-state index in [0.29, 0.717) is 37.1 Å². The minimum Gasteiger partial charge on any atom is -0.338 e. The maximum atomic E-state index is 12.7. The summed E-state index contributed by atoms with van der Waals surface area (Å²) in [7, 11) is 1.44. The molecular formula is C21H22N4O4S. The number of hydrogen-bond donors (Lipinski definition) is 0. The monoisotopic (exact) mass is 426 g/mol. The lowest BCUT2D eigenvalue weighted by Crippen LogP contribution is -2.38. The van der Waals surface area contributed by atoms with Crippen molar-refractivity contribution in [2.75, 3.05) is 20.1 Å². The zero-order valence-corrected chi connectivity index (χ0v) is 17.6. The third-order valence-electron chi connectivity index (χ3n) is 5.49. The minimum atomic E-state index is -0.640. The Balaban J connectivity index is 1.55. The number of aryl methyl sites for hydroxylation is 1. The minimum absolute atomic E-state index is 0.0193. The van der Waals surface area contributed by atoms with Crippen LogP contribution in [0.4, 0.5) is 4.79 Å². The van der Waals surface area contributed by atoms with Crippen molar-refractivity contribution in [2.24, 2.45) is 0 Å². The highest BCUT2D eigenvalue weighted by Crippen LogP contribution is 2.29. The van der Waals surface area contributed by atoms with Crippen LogP contribution in [0.2, 0.25) is 0 Å². The van der Waals surface area contributed by atoms with Gasteiger partial charge in [0.1, 0.15) is 11.1 Å². The number of benzene rings is 1. The molecule has 8 nitrogen and oxygen atoms in total. The van der Waals surface area contributed by atoms with Gasteiger partial charge in [-0.2, -0.15) is 4.98 Å². The fraction of sp³-hybridized carbons (Fsp3) is 0.381. The number of para-hydroxylation sites is 1. The molecule has 2 aliphatic rings. The van der Waals surface area contributed by atoms with Crippen LogP contribution in [0.15, 0.2) is 35.1 Å². The van der Waals surface area contributed by atoms with Crippen molar-refractivity contribution in [3.63, 3.8) is 0 Å². The van der Waals surface area contributed by atoms with Crippen LogP contribution in [-0.4, -0.2) is 61.8 Å². The molecular weight excluding hydrogens is 404 g/mol. The van der Waals surface area contributed by atoms with Crippen LogP contribution in [0.1, 0.15) is 25.6 Å². The van der Waals surface area contributed by atoms with Gasteiger partial charge in [0.15, 0.2) is 0 Å². The molecule has 2 aliphatic heterocycles. The van der Waals surface area contributed by atoms with E-state index in [1.165, 1.54) is 7.05 Å². The molecule has 0 aliphatic carbocycles. The van der Waals surface area contributed by atoms with Gasteiger partial charge in [0.05, 0.1) is 10.9 Å². The van der Waals surface area contributed by atoms with Gasteiger partial charge in [-0.05, 0) is 18.2 Å². The third-order valence-corrected chi connectivity index (χ3v) is 6.62. The van der Waals surface area contributed by atoms with Gasteiger partial charge in [0.2, 0.25) is 11.8 Å². The Bertz CT molecular complexity index is 1140. The van der Waals surface area contributed by atoms with Gasteiger partial charge in [0, 0.05) is 45.1 Å². The number of hydrogen-bond acceptors (Lipinski definition) is 6. The van der Waals surface area contributed by atoms with Crippen molar-refractivity contribution >= 4 is 45.4 Å². The Labute approximate surface area is 177 Å². The Morgan fingerprint density at radius 1 is 1.23 bits per heavy atom. The van der Waals surface area contributed by atoms with Gasteiger partial charge in [-0.1, -0.05) is 30.8 Å². The van der Waals surface area contributed by atoms with E-state index < -0.39 is 5.25 Å². The van der Waals surface area contributed by atoms with Crippen molar-refractivity contribution < 1.29 is 14.4 Å². The van der Waals surface area contributed by atoms with Crippen LogP contribution in [0.25, 0.3) is 16.6 Å². The number of carbonyl (C=O) groups is 3. The van der Waals surface area contributed by atoms with Gasteiger partial charge in [-0.3, -0.25) is 24.1 Å². The van der Waals surface area contributed by atoms with Crippen molar-refractivity contribution in [1.29, 1.82) is 0 Å². The highest BCUT2D eigenvalue weighted by Gasteiger charge is 2.39. The zero-order chi connectivity index (χ0) is 21.4. The predicted octanol–water partition coefficient (Wildman–Crippen LogP) is 2.12. The average molecular weight is 426 g/mol. The standard InChI is InChI=1S/C21H22N4O4S/c1-3-17-22-19(27)14-6-4-5-7-15(14)25(17)13-8-10-24(11-9-13)18(26)12-16-20(28)23(2)21(29)30-16/h4-8,16H,3,9-12H2,1-2H3. The fourth-order valence-electron chi connectivity index (χ4n) is 3.84. The topological polar surface area (TPSA) is 92.6 Å². The third kappa shape index (κ3) is 3.54. The Kier molecular flexibility index (Phi) is 5.46. The van der Waals surface area contributed by atoms with Crippen LogP contribution >= 0.6 is 11.8 Å². The first-order valence-corrected chi connectivity index (χ1v) is 10.7. The van der Waals surface area contributed by atoms with Gasteiger partial charge < -0.3 is 9.47 Å². The summed E-state index contributed by atoms with van der Waals surface area (Å²) in [5.74, 6) is 0.238.